The monoisotopic (exact) mass is 359 g/mol. The molecule has 116 valence electrons. The number of amides is 1. The summed E-state index contributed by atoms with van der Waals surface area (Å²) in [4.78, 5) is 12.2. The van der Waals surface area contributed by atoms with Gasteiger partial charge in [-0.25, -0.2) is 0 Å². The normalized spacial score (nSPS) is 12.7. The zero-order valence-electron chi connectivity index (χ0n) is 13.3. The van der Waals surface area contributed by atoms with Gasteiger partial charge in [-0.05, 0) is 30.2 Å². The highest BCUT2D eigenvalue weighted by Gasteiger charge is 2.29. The summed E-state index contributed by atoms with van der Waals surface area (Å²) in [6, 6.07) is 18.1. The molecule has 1 atom stereocenters. The first-order chi connectivity index (χ1) is 10.4. The van der Waals surface area contributed by atoms with Gasteiger partial charge in [-0.15, -0.1) is 0 Å². The van der Waals surface area contributed by atoms with Crippen molar-refractivity contribution in [1.82, 2.24) is 5.32 Å². The second-order valence-corrected chi connectivity index (χ2v) is 7.10. The van der Waals surface area contributed by atoms with E-state index < -0.39 is 0 Å². The summed E-state index contributed by atoms with van der Waals surface area (Å²) in [5.74, 6) is 0.0592. The summed E-state index contributed by atoms with van der Waals surface area (Å²) in [5.41, 5.74) is 2.12. The van der Waals surface area contributed by atoms with Crippen molar-refractivity contribution < 1.29 is 4.79 Å². The molecule has 0 radical (unpaired) electrons. The van der Waals surface area contributed by atoms with Crippen molar-refractivity contribution >= 4 is 21.8 Å². The van der Waals surface area contributed by atoms with Gasteiger partial charge in [0.05, 0.1) is 6.42 Å². The van der Waals surface area contributed by atoms with Crippen LogP contribution in [0.5, 0.6) is 0 Å². The summed E-state index contributed by atoms with van der Waals surface area (Å²) >= 11 is 3.46. The molecule has 0 aliphatic carbocycles. The Labute approximate surface area is 141 Å². The van der Waals surface area contributed by atoms with E-state index in [1.807, 2.05) is 42.5 Å². The van der Waals surface area contributed by atoms with Gasteiger partial charge in [0.25, 0.3) is 0 Å². The molecule has 1 unspecified atom stereocenters. The van der Waals surface area contributed by atoms with Crippen LogP contribution in [0.1, 0.15) is 31.9 Å². The molecule has 0 bridgehead atoms. The van der Waals surface area contributed by atoms with Crippen LogP contribution in [0.25, 0.3) is 0 Å². The van der Waals surface area contributed by atoms with E-state index in [2.05, 4.69) is 54.2 Å². The van der Waals surface area contributed by atoms with Crippen molar-refractivity contribution in [3.63, 3.8) is 0 Å². The van der Waals surface area contributed by atoms with Gasteiger partial charge in [0.2, 0.25) is 5.91 Å². The van der Waals surface area contributed by atoms with Crippen molar-refractivity contribution in [3.05, 3.63) is 70.2 Å². The van der Waals surface area contributed by atoms with Gasteiger partial charge in [-0.1, -0.05) is 72.2 Å². The molecule has 0 aliphatic heterocycles. The number of nitrogens with one attached hydrogen (secondary N) is 1. The van der Waals surface area contributed by atoms with Gasteiger partial charge in [0.1, 0.15) is 0 Å². The Kier molecular flexibility index (Phi) is 5.41. The summed E-state index contributed by atoms with van der Waals surface area (Å²) in [6.45, 7) is 6.37. The maximum Gasteiger partial charge on any atom is 0.224 e. The van der Waals surface area contributed by atoms with E-state index in [1.54, 1.807) is 0 Å². The molecule has 2 aromatic carbocycles. The van der Waals surface area contributed by atoms with Gasteiger partial charge in [-0.2, -0.15) is 0 Å². The SMILES string of the molecule is CC(NC(=O)Cc1ccccc1)C(C)(C)c1ccc(Br)cc1. The molecular weight excluding hydrogens is 338 g/mol. The zero-order chi connectivity index (χ0) is 16.2. The number of rotatable bonds is 5. The Morgan fingerprint density at radius 2 is 1.68 bits per heavy atom. The Morgan fingerprint density at radius 1 is 1.09 bits per heavy atom. The Hall–Kier alpha value is -1.61. The lowest BCUT2D eigenvalue weighted by molar-refractivity contribution is -0.121. The molecule has 22 heavy (non-hydrogen) atoms. The first kappa shape index (κ1) is 16.8. The van der Waals surface area contributed by atoms with E-state index in [0.717, 1.165) is 10.0 Å². The van der Waals surface area contributed by atoms with Crippen molar-refractivity contribution in [2.45, 2.75) is 38.6 Å². The minimum atomic E-state index is -0.132. The minimum absolute atomic E-state index is 0.0462. The van der Waals surface area contributed by atoms with Crippen LogP contribution in [0, 0.1) is 0 Å². The summed E-state index contributed by atoms with van der Waals surface area (Å²) in [6.07, 6.45) is 0.418. The van der Waals surface area contributed by atoms with Crippen LogP contribution < -0.4 is 5.32 Å². The predicted octanol–water partition coefficient (Wildman–Crippen LogP) is 4.47. The first-order valence-corrected chi connectivity index (χ1v) is 8.28. The van der Waals surface area contributed by atoms with E-state index in [4.69, 9.17) is 0 Å². The topological polar surface area (TPSA) is 29.1 Å². The van der Waals surface area contributed by atoms with Crippen molar-refractivity contribution in [2.75, 3.05) is 0 Å². The molecule has 1 amide bonds. The Bertz CT molecular complexity index is 620. The summed E-state index contributed by atoms with van der Waals surface area (Å²) in [5, 5.41) is 3.13. The molecule has 2 rings (SSSR count). The lowest BCUT2D eigenvalue weighted by atomic mass is 9.78. The van der Waals surface area contributed by atoms with Crippen LogP contribution in [0.3, 0.4) is 0 Å². The molecular formula is C19H22BrNO. The van der Waals surface area contributed by atoms with Crippen LogP contribution in [0.15, 0.2) is 59.1 Å². The fraction of sp³-hybridized carbons (Fsp3) is 0.316. The van der Waals surface area contributed by atoms with Crippen LogP contribution in [0.4, 0.5) is 0 Å². The molecule has 2 nitrogen and oxygen atoms in total. The van der Waals surface area contributed by atoms with Gasteiger partial charge in [-0.3, -0.25) is 4.79 Å². The van der Waals surface area contributed by atoms with Crippen molar-refractivity contribution in [3.8, 4) is 0 Å². The van der Waals surface area contributed by atoms with Gasteiger partial charge in [0.15, 0.2) is 0 Å². The highest BCUT2D eigenvalue weighted by Crippen LogP contribution is 2.28. The Balaban J connectivity index is 2.02. The smallest absolute Gasteiger partial charge is 0.224 e. The lowest BCUT2D eigenvalue weighted by Crippen LogP contribution is -2.46. The van der Waals surface area contributed by atoms with E-state index in [9.17, 15) is 4.79 Å². The third kappa shape index (κ3) is 4.20. The quantitative estimate of drug-likeness (QED) is 0.837. The molecule has 0 saturated carbocycles. The van der Waals surface area contributed by atoms with E-state index >= 15 is 0 Å². The van der Waals surface area contributed by atoms with E-state index in [0.29, 0.717) is 6.42 Å². The molecule has 1 N–H and O–H groups in total. The van der Waals surface area contributed by atoms with Crippen LogP contribution in [0.2, 0.25) is 0 Å². The second-order valence-electron chi connectivity index (χ2n) is 6.18. The largest absolute Gasteiger partial charge is 0.352 e. The number of carbonyl (C=O) groups is 1. The summed E-state index contributed by atoms with van der Waals surface area (Å²) < 4.78 is 1.06. The third-order valence-corrected chi connectivity index (χ3v) is 4.78. The average molecular weight is 360 g/mol. The average Bonchev–Trinajstić information content (AvgIpc) is 2.48. The number of halogens is 1. The molecule has 0 aromatic heterocycles. The van der Waals surface area contributed by atoms with Crippen LogP contribution >= 0.6 is 15.9 Å². The molecule has 3 heteroatoms. The predicted molar refractivity (Wildman–Crippen MR) is 94.9 cm³/mol. The number of hydrogen-bond acceptors (Lipinski definition) is 1. The maximum atomic E-state index is 12.2. The fourth-order valence-corrected chi connectivity index (χ4v) is 2.65. The molecule has 0 spiro atoms. The van der Waals surface area contributed by atoms with E-state index in [1.165, 1.54) is 5.56 Å². The standard InChI is InChI=1S/C19H22BrNO/c1-14(19(2,3)16-9-11-17(20)12-10-16)21-18(22)13-15-7-5-4-6-8-15/h4-12,14H,13H2,1-3H3,(H,21,22). The number of benzene rings is 2. The highest BCUT2D eigenvalue weighted by atomic mass is 79.9. The van der Waals surface area contributed by atoms with Crippen LogP contribution in [-0.2, 0) is 16.6 Å². The fourth-order valence-electron chi connectivity index (χ4n) is 2.38. The molecule has 0 aliphatic rings. The molecule has 2 aromatic rings. The Morgan fingerprint density at radius 3 is 2.27 bits per heavy atom. The first-order valence-electron chi connectivity index (χ1n) is 7.49. The number of hydrogen-bond donors (Lipinski definition) is 1. The minimum Gasteiger partial charge on any atom is -0.352 e. The second kappa shape index (κ2) is 7.10. The highest BCUT2D eigenvalue weighted by molar-refractivity contribution is 9.10. The van der Waals surface area contributed by atoms with Crippen molar-refractivity contribution in [1.29, 1.82) is 0 Å². The lowest BCUT2D eigenvalue weighted by Gasteiger charge is -2.33. The van der Waals surface area contributed by atoms with Crippen molar-refractivity contribution in [2.24, 2.45) is 0 Å². The zero-order valence-corrected chi connectivity index (χ0v) is 14.9. The molecule has 0 fully saturated rings. The molecule has 0 saturated heterocycles. The third-order valence-electron chi connectivity index (χ3n) is 4.26. The van der Waals surface area contributed by atoms with Crippen LogP contribution in [-0.4, -0.2) is 11.9 Å². The van der Waals surface area contributed by atoms with Gasteiger partial charge in [0, 0.05) is 15.9 Å². The van der Waals surface area contributed by atoms with E-state index in [-0.39, 0.29) is 17.4 Å². The maximum absolute atomic E-state index is 12.2. The molecule has 0 heterocycles. The number of carbonyl (C=O) groups excluding carboxylic acids is 1. The van der Waals surface area contributed by atoms with Gasteiger partial charge >= 0.3 is 0 Å². The van der Waals surface area contributed by atoms with Gasteiger partial charge < -0.3 is 5.32 Å². The summed E-state index contributed by atoms with van der Waals surface area (Å²) in [7, 11) is 0.